The van der Waals surface area contributed by atoms with Crippen LogP contribution in [0.5, 0.6) is 17.2 Å². The number of carbonyl (C=O) groups is 2. The number of rotatable bonds is 9. The fourth-order valence-electron chi connectivity index (χ4n) is 3.57. The van der Waals surface area contributed by atoms with Crippen LogP contribution >= 0.6 is 0 Å². The van der Waals surface area contributed by atoms with E-state index in [2.05, 4.69) is 0 Å². The van der Waals surface area contributed by atoms with E-state index in [0.29, 0.717) is 29.4 Å². The lowest BCUT2D eigenvalue weighted by atomic mass is 9.94. The highest BCUT2D eigenvalue weighted by Gasteiger charge is 2.44. The van der Waals surface area contributed by atoms with E-state index in [0.717, 1.165) is 0 Å². The molecular weight excluding hydrogens is 404 g/mol. The van der Waals surface area contributed by atoms with Gasteiger partial charge in [-0.2, -0.15) is 0 Å². The van der Waals surface area contributed by atoms with E-state index in [9.17, 15) is 14.7 Å². The Labute approximate surface area is 180 Å². The maximum atomic E-state index is 13.2. The highest BCUT2D eigenvalue weighted by atomic mass is 16.5. The third-order valence-electron chi connectivity index (χ3n) is 5.08. The number of carbonyl (C=O) groups excluding carboxylic acids is 2. The summed E-state index contributed by atoms with van der Waals surface area (Å²) in [7, 11) is 8.19. The average Bonchev–Trinajstić information content (AvgIpc) is 3.38. The number of hydrogen-bond donors (Lipinski definition) is 1. The van der Waals surface area contributed by atoms with Crippen LogP contribution in [0.3, 0.4) is 0 Å². The van der Waals surface area contributed by atoms with Crippen molar-refractivity contribution in [1.82, 2.24) is 9.80 Å². The summed E-state index contributed by atoms with van der Waals surface area (Å²) in [6, 6.07) is 5.52. The first-order chi connectivity index (χ1) is 14.8. The van der Waals surface area contributed by atoms with Crippen LogP contribution in [0.1, 0.15) is 22.2 Å². The number of methoxy groups -OCH3 is 3. The van der Waals surface area contributed by atoms with Gasteiger partial charge in [0.15, 0.2) is 23.0 Å². The minimum atomic E-state index is -0.862. The normalized spacial score (nSPS) is 16.3. The van der Waals surface area contributed by atoms with Crippen molar-refractivity contribution in [2.24, 2.45) is 0 Å². The molecule has 2 aromatic rings. The predicted octanol–water partition coefficient (Wildman–Crippen LogP) is 2.45. The molecule has 31 heavy (non-hydrogen) atoms. The van der Waals surface area contributed by atoms with Gasteiger partial charge in [0, 0.05) is 13.1 Å². The van der Waals surface area contributed by atoms with Gasteiger partial charge in [0.1, 0.15) is 0 Å². The zero-order valence-corrected chi connectivity index (χ0v) is 18.2. The molecule has 9 nitrogen and oxygen atoms in total. The molecule has 0 spiro atoms. The summed E-state index contributed by atoms with van der Waals surface area (Å²) < 4.78 is 21.5. The lowest BCUT2D eigenvalue weighted by Crippen LogP contribution is -2.36. The van der Waals surface area contributed by atoms with E-state index in [-0.39, 0.29) is 17.9 Å². The molecule has 0 fully saturated rings. The van der Waals surface area contributed by atoms with Crippen molar-refractivity contribution in [2.45, 2.75) is 6.04 Å². The number of aliphatic hydroxyl groups is 1. The minimum Gasteiger partial charge on any atom is -0.503 e. The summed E-state index contributed by atoms with van der Waals surface area (Å²) in [6.07, 6.45) is 1.36. The van der Waals surface area contributed by atoms with Crippen LogP contribution in [-0.2, 0) is 4.79 Å². The largest absolute Gasteiger partial charge is 0.503 e. The molecule has 1 atom stereocenters. The number of amides is 1. The minimum absolute atomic E-state index is 0.0289. The molecule has 1 aliphatic rings. The third kappa shape index (κ3) is 4.09. The summed E-state index contributed by atoms with van der Waals surface area (Å²) in [5.74, 6) is -0.649. The van der Waals surface area contributed by atoms with Gasteiger partial charge in [-0.25, -0.2) is 0 Å². The fourth-order valence-corrected chi connectivity index (χ4v) is 3.57. The molecule has 0 unspecified atom stereocenters. The van der Waals surface area contributed by atoms with Crippen LogP contribution in [0.25, 0.3) is 0 Å². The smallest absolute Gasteiger partial charge is 0.290 e. The van der Waals surface area contributed by atoms with E-state index < -0.39 is 23.5 Å². The first-order valence-corrected chi connectivity index (χ1v) is 9.60. The Hall–Kier alpha value is -3.46. The van der Waals surface area contributed by atoms with Crippen LogP contribution in [0.15, 0.2) is 46.3 Å². The van der Waals surface area contributed by atoms with Gasteiger partial charge in [-0.05, 0) is 43.9 Å². The lowest BCUT2D eigenvalue weighted by molar-refractivity contribution is -0.129. The molecule has 1 aromatic heterocycles. The Bertz CT molecular complexity index is 970. The molecule has 0 saturated heterocycles. The number of benzene rings is 1. The average molecular weight is 430 g/mol. The number of Topliss-reactive ketones (excluding diaryl/α,β-unsaturated/α-hetero) is 1. The van der Waals surface area contributed by atoms with E-state index in [1.165, 1.54) is 38.6 Å². The quantitative estimate of drug-likeness (QED) is 0.606. The standard InChI is InChI=1S/C22H26N2O7/c1-23(2)8-9-24-18(13-11-15(28-3)21(30-5)16(12-13)29-4)17(20(26)22(24)27)19(25)14-7-6-10-31-14/h6-7,10-12,18,26H,8-9H2,1-5H3/t18-/m0/s1. The van der Waals surface area contributed by atoms with Crippen molar-refractivity contribution < 1.29 is 33.3 Å². The Morgan fingerprint density at radius 2 is 1.81 bits per heavy atom. The van der Waals surface area contributed by atoms with E-state index >= 15 is 0 Å². The van der Waals surface area contributed by atoms with Crippen LogP contribution in [0.2, 0.25) is 0 Å². The summed E-state index contributed by atoms with van der Waals surface area (Å²) in [6.45, 7) is 0.814. The van der Waals surface area contributed by atoms with Crippen LogP contribution in [0.4, 0.5) is 0 Å². The van der Waals surface area contributed by atoms with Crippen molar-refractivity contribution in [3.63, 3.8) is 0 Å². The van der Waals surface area contributed by atoms with Crippen molar-refractivity contribution in [3.8, 4) is 17.2 Å². The molecule has 1 aromatic carbocycles. The van der Waals surface area contributed by atoms with E-state index in [1.807, 2.05) is 19.0 Å². The van der Waals surface area contributed by atoms with Gasteiger partial charge in [-0.1, -0.05) is 0 Å². The Morgan fingerprint density at radius 3 is 2.29 bits per heavy atom. The van der Waals surface area contributed by atoms with Gasteiger partial charge in [0.05, 0.1) is 39.2 Å². The molecule has 0 bridgehead atoms. The molecule has 1 amide bonds. The SMILES string of the molecule is COc1cc([C@H]2C(C(=O)c3ccco3)=C(O)C(=O)N2CCN(C)C)cc(OC)c1OC. The Kier molecular flexibility index (Phi) is 6.55. The van der Waals surface area contributed by atoms with Crippen molar-refractivity contribution in [3.05, 3.63) is 53.2 Å². The molecular formula is C22H26N2O7. The second kappa shape index (κ2) is 9.13. The number of likely N-dealkylation sites (N-methyl/N-ethyl adjacent to an activating group) is 1. The summed E-state index contributed by atoms with van der Waals surface area (Å²) in [5.41, 5.74) is 0.466. The molecule has 1 aliphatic heterocycles. The van der Waals surface area contributed by atoms with Crippen LogP contribution < -0.4 is 14.2 Å². The van der Waals surface area contributed by atoms with Gasteiger partial charge in [-0.15, -0.1) is 0 Å². The predicted molar refractivity (Wildman–Crippen MR) is 112 cm³/mol. The highest BCUT2D eigenvalue weighted by molar-refractivity contribution is 6.15. The second-order valence-electron chi connectivity index (χ2n) is 7.23. The van der Waals surface area contributed by atoms with Crippen molar-refractivity contribution in [2.75, 3.05) is 48.5 Å². The van der Waals surface area contributed by atoms with Crippen molar-refractivity contribution in [1.29, 1.82) is 0 Å². The van der Waals surface area contributed by atoms with E-state index in [4.69, 9.17) is 18.6 Å². The van der Waals surface area contributed by atoms with Gasteiger partial charge in [0.25, 0.3) is 5.91 Å². The van der Waals surface area contributed by atoms with Gasteiger partial charge in [0.2, 0.25) is 11.5 Å². The van der Waals surface area contributed by atoms with Crippen molar-refractivity contribution >= 4 is 11.7 Å². The third-order valence-corrected chi connectivity index (χ3v) is 5.08. The topological polar surface area (TPSA) is 102 Å². The summed E-state index contributed by atoms with van der Waals surface area (Å²) >= 11 is 0. The maximum absolute atomic E-state index is 13.2. The summed E-state index contributed by atoms with van der Waals surface area (Å²) in [5, 5.41) is 10.7. The lowest BCUT2D eigenvalue weighted by Gasteiger charge is -2.28. The van der Waals surface area contributed by atoms with Crippen LogP contribution in [-0.4, -0.2) is 75.1 Å². The van der Waals surface area contributed by atoms with Gasteiger partial charge < -0.3 is 33.5 Å². The van der Waals surface area contributed by atoms with Gasteiger partial charge >= 0.3 is 0 Å². The maximum Gasteiger partial charge on any atom is 0.290 e. The zero-order chi connectivity index (χ0) is 22.7. The first kappa shape index (κ1) is 22.2. The van der Waals surface area contributed by atoms with Gasteiger partial charge in [-0.3, -0.25) is 9.59 Å². The molecule has 9 heteroatoms. The number of ketones is 1. The molecule has 1 N–H and O–H groups in total. The molecule has 3 rings (SSSR count). The molecule has 0 saturated carbocycles. The van der Waals surface area contributed by atoms with E-state index in [1.54, 1.807) is 18.2 Å². The number of ether oxygens (including phenoxy) is 3. The Morgan fingerprint density at radius 1 is 1.16 bits per heavy atom. The number of aliphatic hydroxyl groups excluding tert-OH is 1. The molecule has 2 heterocycles. The zero-order valence-electron chi connectivity index (χ0n) is 18.2. The van der Waals surface area contributed by atoms with Crippen LogP contribution in [0, 0.1) is 0 Å². The first-order valence-electron chi connectivity index (χ1n) is 9.60. The highest BCUT2D eigenvalue weighted by Crippen LogP contribution is 2.45. The molecule has 166 valence electrons. The molecule has 0 aliphatic carbocycles. The monoisotopic (exact) mass is 430 g/mol. The second-order valence-corrected chi connectivity index (χ2v) is 7.23. The number of nitrogens with zero attached hydrogens (tertiary/aromatic N) is 2. The molecule has 0 radical (unpaired) electrons. The fraction of sp³-hybridized carbons (Fsp3) is 0.364. The number of hydrogen-bond acceptors (Lipinski definition) is 8. The summed E-state index contributed by atoms with van der Waals surface area (Å²) in [4.78, 5) is 29.5. The number of furan rings is 1. The Balaban J connectivity index is 2.17.